The van der Waals surface area contributed by atoms with Crippen LogP contribution in [0.15, 0.2) is 0 Å². The number of nitrogens with zero attached hydrogens (tertiary/aromatic N) is 1. The minimum atomic E-state index is -1.25. The first kappa shape index (κ1) is 19.4. The van der Waals surface area contributed by atoms with Crippen molar-refractivity contribution in [1.29, 1.82) is 5.53 Å². The molecular weight excluding hydrogens is 236 g/mol. The minimum Gasteiger partial charge on any atom is -0.588 e. The molecule has 0 saturated heterocycles. The van der Waals surface area contributed by atoms with Gasteiger partial charge in [0.05, 0.1) is 0 Å². The van der Waals surface area contributed by atoms with Gasteiger partial charge in [-0.2, -0.15) is 0 Å². The summed E-state index contributed by atoms with van der Waals surface area (Å²) in [5, 5.41) is 22.4. The van der Waals surface area contributed by atoms with Crippen molar-refractivity contribution in [3.05, 3.63) is 10.4 Å². The van der Waals surface area contributed by atoms with Crippen molar-refractivity contribution < 1.29 is 5.02 Å². The summed E-state index contributed by atoms with van der Waals surface area (Å²) < 4.78 is 0. The van der Waals surface area contributed by atoms with Crippen LogP contribution in [-0.4, -0.2) is 44.3 Å². The molecule has 0 bridgehead atoms. The van der Waals surface area contributed by atoms with E-state index in [1.54, 1.807) is 0 Å². The fraction of sp³-hybridized carbons (Fsp3) is 1.00. The standard InChI is InChI=1S/C10H26N4.HN2O2/c11-5-3-9-13-7-1-2-8-14-10-4-6-12;1-2(3)4/h13-14H,1-12H2;(H-,1,3,4)/q;-1. The van der Waals surface area contributed by atoms with Crippen molar-refractivity contribution in [2.75, 3.05) is 39.3 Å². The summed E-state index contributed by atoms with van der Waals surface area (Å²) in [6.45, 7) is 5.90. The minimum absolute atomic E-state index is 0.785. The lowest BCUT2D eigenvalue weighted by Crippen LogP contribution is -2.22. The zero-order valence-electron chi connectivity index (χ0n) is 11.0. The molecule has 18 heavy (non-hydrogen) atoms. The maximum Gasteiger partial charge on any atom is -0.00369 e. The lowest BCUT2D eigenvalue weighted by Gasteiger charge is -2.04. The van der Waals surface area contributed by atoms with Crippen LogP contribution in [0.3, 0.4) is 0 Å². The van der Waals surface area contributed by atoms with Crippen molar-refractivity contribution >= 4 is 0 Å². The quantitative estimate of drug-likeness (QED) is 0.196. The first-order chi connectivity index (χ1) is 8.65. The largest absolute Gasteiger partial charge is 0.588 e. The number of hydrogen-bond donors (Lipinski definition) is 5. The van der Waals surface area contributed by atoms with E-state index in [9.17, 15) is 0 Å². The number of hydrogen-bond acceptors (Lipinski definition) is 7. The molecule has 0 aromatic rings. The fourth-order valence-corrected chi connectivity index (χ4v) is 1.20. The molecule has 0 rings (SSSR count). The van der Waals surface area contributed by atoms with Gasteiger partial charge in [0.2, 0.25) is 0 Å². The Morgan fingerprint density at radius 1 is 0.778 bits per heavy atom. The molecule has 8 nitrogen and oxygen atoms in total. The Labute approximate surface area is 109 Å². The maximum absolute atomic E-state index is 8.47. The van der Waals surface area contributed by atoms with E-state index in [0.717, 1.165) is 52.1 Å². The van der Waals surface area contributed by atoms with Crippen molar-refractivity contribution in [2.45, 2.75) is 25.7 Å². The van der Waals surface area contributed by atoms with E-state index in [2.05, 4.69) is 10.6 Å². The van der Waals surface area contributed by atoms with Gasteiger partial charge in [0.15, 0.2) is 0 Å². The van der Waals surface area contributed by atoms with Gasteiger partial charge in [-0.25, -0.2) is 0 Å². The number of nitrogens with one attached hydrogen (secondary N) is 3. The van der Waals surface area contributed by atoms with E-state index >= 15 is 0 Å². The molecule has 0 radical (unpaired) electrons. The Morgan fingerprint density at radius 3 is 1.33 bits per heavy atom. The Hall–Kier alpha value is -0.960. The van der Waals surface area contributed by atoms with Crippen molar-refractivity contribution in [2.24, 2.45) is 11.5 Å². The summed E-state index contributed by atoms with van der Waals surface area (Å²) in [5.41, 5.74) is 16.1. The summed E-state index contributed by atoms with van der Waals surface area (Å²) in [6, 6.07) is 0. The normalized spacial score (nSPS) is 9.67. The van der Waals surface area contributed by atoms with Crippen LogP contribution in [0.25, 0.3) is 0 Å². The molecule has 0 fully saturated rings. The van der Waals surface area contributed by atoms with Crippen molar-refractivity contribution in [3.63, 3.8) is 0 Å². The van der Waals surface area contributed by atoms with E-state index in [1.807, 2.05) is 0 Å². The van der Waals surface area contributed by atoms with Crippen LogP contribution >= 0.6 is 0 Å². The highest BCUT2D eigenvalue weighted by Crippen LogP contribution is 1.84. The first-order valence-electron chi connectivity index (χ1n) is 6.32. The van der Waals surface area contributed by atoms with Gasteiger partial charge in [-0.3, -0.25) is 0 Å². The molecule has 8 heteroatoms. The van der Waals surface area contributed by atoms with Gasteiger partial charge >= 0.3 is 0 Å². The Morgan fingerprint density at radius 2 is 1.06 bits per heavy atom. The predicted octanol–water partition coefficient (Wildman–Crippen LogP) is -0.331. The van der Waals surface area contributed by atoms with Gasteiger partial charge in [-0.15, -0.1) is 0 Å². The number of nitrogens with two attached hydrogens (primary N) is 2. The van der Waals surface area contributed by atoms with Crippen LogP contribution < -0.4 is 22.1 Å². The van der Waals surface area contributed by atoms with E-state index < -0.39 is 5.02 Å². The lowest BCUT2D eigenvalue weighted by atomic mass is 10.3. The number of rotatable bonds is 11. The molecule has 0 saturated carbocycles. The summed E-state index contributed by atoms with van der Waals surface area (Å²) in [6.07, 6.45) is 4.63. The highest BCUT2D eigenvalue weighted by molar-refractivity contribution is 4.52. The van der Waals surface area contributed by atoms with Crippen LogP contribution in [0, 0.1) is 15.9 Å². The molecule has 0 atom stereocenters. The van der Waals surface area contributed by atoms with Crippen molar-refractivity contribution in [1.82, 2.24) is 10.6 Å². The van der Waals surface area contributed by atoms with Gasteiger partial charge < -0.3 is 32.5 Å². The predicted molar refractivity (Wildman–Crippen MR) is 72.0 cm³/mol. The SMILES string of the molecule is N=[N+]([O-])[O-].NCCCNCCCCNCCCN. The molecule has 0 heterocycles. The third kappa shape index (κ3) is 29.4. The number of unbranched alkanes of at least 4 members (excludes halogenated alkanes) is 1. The van der Waals surface area contributed by atoms with Gasteiger partial charge in [-0.1, -0.05) is 5.02 Å². The highest BCUT2D eigenvalue weighted by Gasteiger charge is 1.89. The van der Waals surface area contributed by atoms with Crippen LogP contribution in [0.1, 0.15) is 25.7 Å². The third-order valence-corrected chi connectivity index (χ3v) is 2.07. The molecule has 0 amide bonds. The molecule has 7 N–H and O–H groups in total. The van der Waals surface area contributed by atoms with Gasteiger partial charge in [0.1, 0.15) is 0 Å². The second kappa shape index (κ2) is 18.4. The van der Waals surface area contributed by atoms with E-state index in [4.69, 9.17) is 27.4 Å². The highest BCUT2D eigenvalue weighted by atomic mass is 16.8. The van der Waals surface area contributed by atoms with Gasteiger partial charge in [0, 0.05) is 0 Å². The summed E-state index contributed by atoms with van der Waals surface area (Å²) in [5.74, 6) is 0. The van der Waals surface area contributed by atoms with Gasteiger partial charge in [-0.05, 0) is 70.5 Å². The fourth-order valence-electron chi connectivity index (χ4n) is 1.20. The molecule has 0 unspecified atom stereocenters. The molecule has 0 aromatic carbocycles. The molecule has 0 spiro atoms. The summed E-state index contributed by atoms with van der Waals surface area (Å²) in [4.78, 5) is 0. The Bertz CT molecular complexity index is 154. The van der Waals surface area contributed by atoms with Gasteiger partial charge in [0.25, 0.3) is 0 Å². The first-order valence-corrected chi connectivity index (χ1v) is 6.32. The molecule has 0 aliphatic rings. The van der Waals surface area contributed by atoms with Crippen LogP contribution in [-0.2, 0) is 0 Å². The average Bonchev–Trinajstić information content (AvgIpc) is 2.31. The summed E-state index contributed by atoms with van der Waals surface area (Å²) >= 11 is 0. The average molecular weight is 263 g/mol. The zero-order chi connectivity index (χ0) is 14.1. The van der Waals surface area contributed by atoms with Crippen LogP contribution in [0.2, 0.25) is 0 Å². The molecule has 110 valence electrons. The van der Waals surface area contributed by atoms with E-state index in [0.29, 0.717) is 0 Å². The Balaban J connectivity index is 0. The second-order valence-corrected chi connectivity index (χ2v) is 3.75. The van der Waals surface area contributed by atoms with E-state index in [-0.39, 0.29) is 0 Å². The monoisotopic (exact) mass is 263 g/mol. The second-order valence-electron chi connectivity index (χ2n) is 3.75. The zero-order valence-corrected chi connectivity index (χ0v) is 11.0. The Kier molecular flexibility index (Phi) is 19.8. The topological polar surface area (TPSA) is 149 Å². The smallest absolute Gasteiger partial charge is 0.00369 e. The molecular formula is C10H27N6O2-. The van der Waals surface area contributed by atoms with Crippen LogP contribution in [0.4, 0.5) is 0 Å². The lowest BCUT2D eigenvalue weighted by molar-refractivity contribution is -0.482. The molecule has 0 aliphatic carbocycles. The van der Waals surface area contributed by atoms with Crippen molar-refractivity contribution in [3.8, 4) is 0 Å². The van der Waals surface area contributed by atoms with E-state index in [1.165, 1.54) is 12.8 Å². The third-order valence-electron chi connectivity index (χ3n) is 2.07. The summed E-state index contributed by atoms with van der Waals surface area (Å²) in [7, 11) is 0. The molecule has 0 aromatic heterocycles. The van der Waals surface area contributed by atoms with Crippen LogP contribution in [0.5, 0.6) is 0 Å². The maximum atomic E-state index is 8.47. The molecule has 0 aliphatic heterocycles.